The summed E-state index contributed by atoms with van der Waals surface area (Å²) >= 11 is 0. The highest BCUT2D eigenvalue weighted by atomic mass is 16.5. The van der Waals surface area contributed by atoms with Crippen molar-refractivity contribution >= 4 is 5.97 Å². The monoisotopic (exact) mass is 410 g/mol. The first kappa shape index (κ1) is 21.1. The predicted molar refractivity (Wildman–Crippen MR) is 108 cm³/mol. The van der Waals surface area contributed by atoms with Crippen LogP contribution in [0.15, 0.2) is 66.7 Å². The lowest BCUT2D eigenvalue weighted by Gasteiger charge is -2.37. The molecule has 0 aliphatic carbocycles. The number of aliphatic hydroxyl groups is 1. The number of methoxy groups -OCH3 is 2. The number of carboxylic acids is 1. The molecule has 2 aromatic carbocycles. The SMILES string of the molecule is COc1cc(OC)nc(O[C@H](C(=O)O)C(CO)(c2ccccc2)c2ccccc2)n1. The third-order valence-corrected chi connectivity index (χ3v) is 4.80. The van der Waals surface area contributed by atoms with Gasteiger partial charge in [0.2, 0.25) is 17.9 Å². The maximum atomic E-state index is 12.4. The summed E-state index contributed by atoms with van der Waals surface area (Å²) in [6, 6.07) is 18.9. The summed E-state index contributed by atoms with van der Waals surface area (Å²) in [5, 5.41) is 20.7. The van der Waals surface area contributed by atoms with Gasteiger partial charge in [-0.1, -0.05) is 60.7 Å². The number of ether oxygens (including phenoxy) is 3. The smallest absolute Gasteiger partial charge is 0.346 e. The molecule has 0 bridgehead atoms. The molecular weight excluding hydrogens is 388 g/mol. The Morgan fingerprint density at radius 1 is 0.933 bits per heavy atom. The first-order valence-electron chi connectivity index (χ1n) is 9.13. The second-order valence-electron chi connectivity index (χ2n) is 6.43. The van der Waals surface area contributed by atoms with Crippen LogP contribution in [0.1, 0.15) is 11.1 Å². The van der Waals surface area contributed by atoms with Crippen molar-refractivity contribution < 1.29 is 29.2 Å². The summed E-state index contributed by atoms with van der Waals surface area (Å²) < 4.78 is 16.0. The number of carboxylic acid groups (broad SMARTS) is 1. The van der Waals surface area contributed by atoms with Gasteiger partial charge in [-0.05, 0) is 11.1 Å². The first-order chi connectivity index (χ1) is 14.5. The van der Waals surface area contributed by atoms with Crippen LogP contribution in [0, 0.1) is 0 Å². The molecule has 0 aliphatic heterocycles. The standard InChI is InChI=1S/C22H22N2O6/c1-28-17-13-18(29-2)24-21(23-17)30-19(20(26)27)22(14-25,15-9-5-3-6-10-15)16-11-7-4-8-12-16/h3-13,19,25H,14H2,1-2H3,(H,26,27)/t19-/m1/s1. The number of carbonyl (C=O) groups is 1. The quantitative estimate of drug-likeness (QED) is 0.553. The van der Waals surface area contributed by atoms with E-state index in [2.05, 4.69) is 9.97 Å². The van der Waals surface area contributed by atoms with Gasteiger partial charge in [-0.15, -0.1) is 0 Å². The summed E-state index contributed by atoms with van der Waals surface area (Å²) in [6.07, 6.45) is -1.55. The summed E-state index contributed by atoms with van der Waals surface area (Å²) in [5.41, 5.74) is -0.282. The van der Waals surface area contributed by atoms with E-state index in [1.54, 1.807) is 48.5 Å². The number of benzene rings is 2. The molecule has 0 radical (unpaired) electrons. The van der Waals surface area contributed by atoms with Gasteiger partial charge >= 0.3 is 12.0 Å². The molecular formula is C22H22N2O6. The highest BCUT2D eigenvalue weighted by molar-refractivity contribution is 5.77. The molecule has 0 fully saturated rings. The van der Waals surface area contributed by atoms with E-state index >= 15 is 0 Å². The zero-order valence-corrected chi connectivity index (χ0v) is 16.6. The van der Waals surface area contributed by atoms with Gasteiger partial charge in [-0.2, -0.15) is 9.97 Å². The number of hydrogen-bond acceptors (Lipinski definition) is 7. The number of aliphatic carboxylic acids is 1. The van der Waals surface area contributed by atoms with Crippen LogP contribution in [0.2, 0.25) is 0 Å². The molecule has 2 N–H and O–H groups in total. The van der Waals surface area contributed by atoms with Crippen LogP contribution in [-0.2, 0) is 10.2 Å². The fourth-order valence-corrected chi connectivity index (χ4v) is 3.32. The van der Waals surface area contributed by atoms with Crippen LogP contribution in [0.5, 0.6) is 17.8 Å². The molecule has 30 heavy (non-hydrogen) atoms. The van der Waals surface area contributed by atoms with Gasteiger partial charge in [-0.25, -0.2) is 4.79 Å². The minimum absolute atomic E-state index is 0.148. The van der Waals surface area contributed by atoms with Crippen LogP contribution in [0.3, 0.4) is 0 Å². The van der Waals surface area contributed by atoms with Crippen molar-refractivity contribution in [2.45, 2.75) is 11.5 Å². The maximum Gasteiger partial charge on any atom is 0.346 e. The Kier molecular flexibility index (Phi) is 6.48. The number of aromatic nitrogens is 2. The van der Waals surface area contributed by atoms with E-state index in [1.807, 2.05) is 12.1 Å². The van der Waals surface area contributed by atoms with Gasteiger partial charge in [0.1, 0.15) is 0 Å². The lowest BCUT2D eigenvalue weighted by atomic mass is 9.70. The Bertz CT molecular complexity index is 920. The zero-order chi connectivity index (χ0) is 21.6. The van der Waals surface area contributed by atoms with E-state index in [1.165, 1.54) is 20.3 Å². The molecule has 1 aromatic heterocycles. The van der Waals surface area contributed by atoms with E-state index in [-0.39, 0.29) is 17.8 Å². The third kappa shape index (κ3) is 4.04. The fourth-order valence-electron chi connectivity index (χ4n) is 3.32. The molecule has 156 valence electrons. The first-order valence-corrected chi connectivity index (χ1v) is 9.13. The molecule has 8 nitrogen and oxygen atoms in total. The molecule has 0 saturated carbocycles. The van der Waals surface area contributed by atoms with E-state index in [0.29, 0.717) is 11.1 Å². The summed E-state index contributed by atoms with van der Waals surface area (Å²) in [7, 11) is 2.82. The van der Waals surface area contributed by atoms with Gasteiger partial charge < -0.3 is 24.4 Å². The van der Waals surface area contributed by atoms with E-state index in [0.717, 1.165) is 0 Å². The average Bonchev–Trinajstić information content (AvgIpc) is 2.80. The number of rotatable bonds is 9. The lowest BCUT2D eigenvalue weighted by Crippen LogP contribution is -2.52. The molecule has 3 rings (SSSR count). The van der Waals surface area contributed by atoms with Gasteiger partial charge in [0.25, 0.3) is 0 Å². The van der Waals surface area contributed by atoms with Crippen molar-refractivity contribution in [3.63, 3.8) is 0 Å². The molecule has 0 unspecified atom stereocenters. The van der Waals surface area contributed by atoms with Crippen LogP contribution < -0.4 is 14.2 Å². The average molecular weight is 410 g/mol. The van der Waals surface area contributed by atoms with Crippen molar-refractivity contribution in [2.24, 2.45) is 0 Å². The summed E-state index contributed by atoms with van der Waals surface area (Å²) in [6.45, 7) is -0.529. The third-order valence-electron chi connectivity index (χ3n) is 4.80. The van der Waals surface area contributed by atoms with Crippen LogP contribution in [0.4, 0.5) is 0 Å². The van der Waals surface area contributed by atoms with Gasteiger partial charge in [0.15, 0.2) is 0 Å². The normalized spacial score (nSPS) is 12.1. The molecule has 8 heteroatoms. The second-order valence-corrected chi connectivity index (χ2v) is 6.43. The fraction of sp³-hybridized carbons (Fsp3) is 0.227. The van der Waals surface area contributed by atoms with E-state index in [9.17, 15) is 15.0 Å². The van der Waals surface area contributed by atoms with Crippen molar-refractivity contribution in [3.8, 4) is 17.8 Å². The summed E-state index contributed by atoms with van der Waals surface area (Å²) in [5.74, 6) is -0.993. The lowest BCUT2D eigenvalue weighted by molar-refractivity contribution is -0.149. The molecule has 0 saturated heterocycles. The van der Waals surface area contributed by atoms with Crippen LogP contribution in [0.25, 0.3) is 0 Å². The van der Waals surface area contributed by atoms with Gasteiger partial charge in [0, 0.05) is 0 Å². The maximum absolute atomic E-state index is 12.4. The van der Waals surface area contributed by atoms with Crippen molar-refractivity contribution in [1.29, 1.82) is 0 Å². The number of aliphatic hydroxyl groups excluding tert-OH is 1. The summed E-state index contributed by atoms with van der Waals surface area (Å²) in [4.78, 5) is 20.6. The Hall–Kier alpha value is -3.65. The van der Waals surface area contributed by atoms with Crippen LogP contribution in [-0.4, -0.2) is 53.1 Å². The largest absolute Gasteiger partial charge is 0.481 e. The van der Waals surface area contributed by atoms with E-state index < -0.39 is 24.1 Å². The molecule has 0 amide bonds. The number of hydrogen-bond donors (Lipinski definition) is 2. The predicted octanol–water partition coefficient (Wildman–Crippen LogP) is 2.30. The Morgan fingerprint density at radius 3 is 1.77 bits per heavy atom. The van der Waals surface area contributed by atoms with Gasteiger partial charge in [0.05, 0.1) is 32.3 Å². The van der Waals surface area contributed by atoms with Crippen LogP contribution >= 0.6 is 0 Å². The minimum atomic E-state index is -1.55. The Morgan fingerprint density at radius 2 is 1.40 bits per heavy atom. The molecule has 0 aliphatic rings. The molecule has 1 atom stereocenters. The van der Waals surface area contributed by atoms with Crippen molar-refractivity contribution in [2.75, 3.05) is 20.8 Å². The highest BCUT2D eigenvalue weighted by Gasteiger charge is 2.48. The highest BCUT2D eigenvalue weighted by Crippen LogP contribution is 2.37. The Labute approximate surface area is 173 Å². The second kappa shape index (κ2) is 9.23. The minimum Gasteiger partial charge on any atom is -0.481 e. The molecule has 0 spiro atoms. The van der Waals surface area contributed by atoms with E-state index in [4.69, 9.17) is 14.2 Å². The Balaban J connectivity index is 2.18. The van der Waals surface area contributed by atoms with Gasteiger partial charge in [-0.3, -0.25) is 0 Å². The van der Waals surface area contributed by atoms with Crippen molar-refractivity contribution in [3.05, 3.63) is 77.9 Å². The topological polar surface area (TPSA) is 111 Å². The van der Waals surface area contributed by atoms with Crippen molar-refractivity contribution in [1.82, 2.24) is 9.97 Å². The zero-order valence-electron chi connectivity index (χ0n) is 16.6. The molecule has 3 aromatic rings. The molecule has 1 heterocycles. The number of nitrogens with zero attached hydrogens (tertiary/aromatic N) is 2.